The highest BCUT2D eigenvalue weighted by atomic mass is 32.2. The summed E-state index contributed by atoms with van der Waals surface area (Å²) in [6.07, 6.45) is -4.98. The Morgan fingerprint density at radius 1 is 1.35 bits per heavy atom. The minimum Gasteiger partial charge on any atom is -0.476 e. The number of aliphatic hydroxyl groups excluding tert-OH is 2. The van der Waals surface area contributed by atoms with Gasteiger partial charge in [-0.05, 0) is 38.1 Å². The van der Waals surface area contributed by atoms with Crippen LogP contribution in [-0.2, 0) is 4.74 Å². The number of halogens is 2. The number of hydrogen-bond acceptors (Lipinski definition) is 8. The lowest BCUT2D eigenvalue weighted by atomic mass is 10.1. The zero-order valence-corrected chi connectivity index (χ0v) is 17.2. The molecule has 0 radical (unpaired) electrons. The van der Waals surface area contributed by atoms with Gasteiger partial charge in [0.25, 0.3) is 5.91 Å². The summed E-state index contributed by atoms with van der Waals surface area (Å²) in [7, 11) is 0. The van der Waals surface area contributed by atoms with Crippen molar-refractivity contribution in [3.63, 3.8) is 0 Å². The Labute approximate surface area is 179 Å². The summed E-state index contributed by atoms with van der Waals surface area (Å²) in [5, 5.41) is 21.1. The van der Waals surface area contributed by atoms with E-state index in [9.17, 15) is 23.5 Å². The van der Waals surface area contributed by atoms with Gasteiger partial charge in [-0.1, -0.05) is 11.8 Å². The van der Waals surface area contributed by atoms with E-state index in [-0.39, 0.29) is 5.82 Å². The number of benzene rings is 1. The van der Waals surface area contributed by atoms with Gasteiger partial charge in [-0.15, -0.1) is 0 Å². The maximum Gasteiger partial charge on any atom is 0.351 e. The summed E-state index contributed by atoms with van der Waals surface area (Å²) in [5.41, 5.74) is -0.814. The van der Waals surface area contributed by atoms with Crippen molar-refractivity contribution in [2.24, 2.45) is 0 Å². The predicted octanol–water partition coefficient (Wildman–Crippen LogP) is 1.60. The molecule has 2 aliphatic heterocycles. The van der Waals surface area contributed by atoms with E-state index in [4.69, 9.17) is 14.6 Å². The molecular formula is C19H19F2N3O6S. The lowest BCUT2D eigenvalue weighted by Crippen LogP contribution is -2.41. The molecule has 0 saturated carbocycles. The van der Waals surface area contributed by atoms with Crippen LogP contribution in [0.5, 0.6) is 5.75 Å². The van der Waals surface area contributed by atoms with Gasteiger partial charge in [0, 0.05) is 11.8 Å². The fourth-order valence-electron chi connectivity index (χ4n) is 3.33. The van der Waals surface area contributed by atoms with Crippen LogP contribution in [0.4, 0.5) is 14.6 Å². The lowest BCUT2D eigenvalue weighted by molar-refractivity contribution is -0.140. The van der Waals surface area contributed by atoms with Crippen LogP contribution < -0.4 is 15.7 Å². The largest absolute Gasteiger partial charge is 0.476 e. The number of anilines is 1. The van der Waals surface area contributed by atoms with Gasteiger partial charge in [-0.2, -0.15) is 13.8 Å². The fourth-order valence-corrected chi connectivity index (χ4v) is 4.39. The number of nitrogens with one attached hydrogen (secondary N) is 1. The molecule has 3 heterocycles. The van der Waals surface area contributed by atoms with Crippen molar-refractivity contribution in [3.8, 4) is 5.75 Å². The van der Waals surface area contributed by atoms with Gasteiger partial charge < -0.3 is 25.0 Å². The van der Waals surface area contributed by atoms with E-state index in [1.807, 2.05) is 13.8 Å². The van der Waals surface area contributed by atoms with Crippen molar-refractivity contribution < 1.29 is 33.3 Å². The second-order valence-corrected chi connectivity index (χ2v) is 9.18. The summed E-state index contributed by atoms with van der Waals surface area (Å²) in [5.74, 6) is -3.85. The molecule has 2 aliphatic rings. The molecule has 0 aliphatic carbocycles. The Morgan fingerprint density at radius 2 is 2.10 bits per heavy atom. The summed E-state index contributed by atoms with van der Waals surface area (Å²) in [6, 6.07) is 6.03. The highest BCUT2D eigenvalue weighted by Crippen LogP contribution is 2.47. The molecule has 1 aromatic heterocycles. The molecule has 2 aromatic rings. The van der Waals surface area contributed by atoms with Gasteiger partial charge in [0.15, 0.2) is 11.0 Å². The number of alkyl halides is 2. The van der Waals surface area contributed by atoms with E-state index in [0.717, 1.165) is 17.2 Å². The average molecular weight is 455 g/mol. The first-order valence-corrected chi connectivity index (χ1v) is 10.1. The van der Waals surface area contributed by atoms with Crippen LogP contribution in [0.3, 0.4) is 0 Å². The van der Waals surface area contributed by atoms with Crippen LogP contribution in [-0.4, -0.2) is 55.3 Å². The smallest absolute Gasteiger partial charge is 0.351 e. The van der Waals surface area contributed by atoms with Gasteiger partial charge in [-0.3, -0.25) is 9.36 Å². The molecule has 4 rings (SSSR count). The van der Waals surface area contributed by atoms with Gasteiger partial charge in [0.1, 0.15) is 17.7 Å². The maximum absolute atomic E-state index is 14.2. The van der Waals surface area contributed by atoms with Crippen molar-refractivity contribution in [2.75, 3.05) is 11.9 Å². The van der Waals surface area contributed by atoms with Gasteiger partial charge >= 0.3 is 11.6 Å². The van der Waals surface area contributed by atoms with E-state index in [1.54, 1.807) is 18.2 Å². The highest BCUT2D eigenvalue weighted by molar-refractivity contribution is 8.00. The number of aromatic nitrogens is 2. The summed E-state index contributed by atoms with van der Waals surface area (Å²) < 4.78 is 39.7. The first-order valence-electron chi connectivity index (χ1n) is 9.26. The molecule has 3 atom stereocenters. The van der Waals surface area contributed by atoms with Crippen molar-refractivity contribution >= 4 is 23.5 Å². The topological polar surface area (TPSA) is 123 Å². The van der Waals surface area contributed by atoms with Gasteiger partial charge in [-0.25, -0.2) is 4.79 Å². The van der Waals surface area contributed by atoms with Crippen molar-refractivity contribution in [1.29, 1.82) is 0 Å². The van der Waals surface area contributed by atoms with Crippen LogP contribution in [0.25, 0.3) is 0 Å². The van der Waals surface area contributed by atoms with Crippen LogP contribution >= 0.6 is 11.8 Å². The highest BCUT2D eigenvalue weighted by Gasteiger charge is 2.59. The Morgan fingerprint density at radius 3 is 2.74 bits per heavy atom. The van der Waals surface area contributed by atoms with Crippen molar-refractivity contribution in [3.05, 3.63) is 46.5 Å². The number of thioether (sulfide) groups is 1. The molecule has 1 aromatic carbocycles. The molecule has 0 bridgehead atoms. The molecule has 166 valence electrons. The molecule has 1 unspecified atom stereocenters. The van der Waals surface area contributed by atoms with Gasteiger partial charge in [0.2, 0.25) is 6.23 Å². The molecule has 1 fully saturated rings. The zero-order chi connectivity index (χ0) is 22.6. The number of rotatable bonds is 4. The summed E-state index contributed by atoms with van der Waals surface area (Å²) in [6.45, 7) is 2.95. The Hall–Kier alpha value is -2.54. The van der Waals surface area contributed by atoms with Crippen molar-refractivity contribution in [2.45, 2.75) is 48.0 Å². The van der Waals surface area contributed by atoms with E-state index in [0.29, 0.717) is 15.9 Å². The van der Waals surface area contributed by atoms with Crippen molar-refractivity contribution in [1.82, 2.24) is 9.55 Å². The van der Waals surface area contributed by atoms with E-state index < -0.39 is 47.5 Å². The fraction of sp³-hybridized carbons (Fsp3) is 0.421. The molecular weight excluding hydrogens is 436 g/mol. The normalized spacial score (nSPS) is 25.7. The zero-order valence-electron chi connectivity index (χ0n) is 16.4. The van der Waals surface area contributed by atoms with E-state index in [2.05, 4.69) is 10.3 Å². The third-order valence-corrected chi connectivity index (χ3v) is 5.91. The molecule has 0 spiro atoms. The number of nitrogens with zero attached hydrogens (tertiary/aromatic N) is 2. The number of carbonyl (C=O) groups is 1. The molecule has 3 N–H and O–H groups in total. The Kier molecular flexibility index (Phi) is 5.28. The second-order valence-electron chi connectivity index (χ2n) is 7.55. The Bertz CT molecular complexity index is 1090. The van der Waals surface area contributed by atoms with Crippen LogP contribution in [0.15, 0.2) is 40.2 Å². The number of carbonyl (C=O) groups excluding carboxylic acids is 1. The minimum absolute atomic E-state index is 0.142. The summed E-state index contributed by atoms with van der Waals surface area (Å²) >= 11 is 1.46. The van der Waals surface area contributed by atoms with Gasteiger partial charge in [0.05, 0.1) is 11.5 Å². The first-order chi connectivity index (χ1) is 14.5. The van der Waals surface area contributed by atoms with Crippen LogP contribution in [0.2, 0.25) is 0 Å². The van der Waals surface area contributed by atoms with E-state index in [1.165, 1.54) is 11.8 Å². The quantitative estimate of drug-likeness (QED) is 0.636. The molecule has 1 amide bonds. The molecule has 12 heteroatoms. The number of hydrogen-bond donors (Lipinski definition) is 3. The molecule has 9 nitrogen and oxygen atoms in total. The molecule has 1 saturated heterocycles. The number of ether oxygens (including phenoxy) is 2. The number of amides is 1. The molecule has 31 heavy (non-hydrogen) atoms. The SMILES string of the molecule is CC1(C)Oc2ccc(C(=O)Nc3ccn(C4O[C@H](CO)[C@@H](O)C4(F)F)c(=O)n3)cc2S1. The lowest BCUT2D eigenvalue weighted by Gasteiger charge is -2.21. The minimum atomic E-state index is -3.82. The number of aliphatic hydroxyl groups is 2. The van der Waals surface area contributed by atoms with E-state index >= 15 is 0 Å². The first kappa shape index (κ1) is 21.7. The number of fused-ring (bicyclic) bond motifs is 1. The monoisotopic (exact) mass is 455 g/mol. The maximum atomic E-state index is 14.2. The predicted molar refractivity (Wildman–Crippen MR) is 105 cm³/mol. The summed E-state index contributed by atoms with van der Waals surface area (Å²) in [4.78, 5) is 28.8. The third kappa shape index (κ3) is 3.91. The second kappa shape index (κ2) is 7.55. The standard InChI is InChI=1S/C19H19F2N3O6S/c1-18(2)30-10-4-3-9(7-12(10)31-18)15(27)22-13-5-6-24(17(28)23-13)16-19(20,21)14(26)11(8-25)29-16/h3-7,11,14,16,25-26H,8H2,1-2H3,(H,22,23,27,28)/t11-,14-,16?/m1/s1. The average Bonchev–Trinajstić information content (AvgIpc) is 3.13. The van der Waals surface area contributed by atoms with Crippen LogP contribution in [0, 0.1) is 0 Å². The van der Waals surface area contributed by atoms with Crippen LogP contribution in [0.1, 0.15) is 30.4 Å². The third-order valence-electron chi connectivity index (χ3n) is 4.80. The Balaban J connectivity index is 1.52.